The molecule has 0 amide bonds. The Balaban J connectivity index is 1.30. The van der Waals surface area contributed by atoms with Crippen molar-refractivity contribution in [1.82, 2.24) is 4.90 Å². The number of fused-ring (bicyclic) bond motifs is 3. The highest BCUT2D eigenvalue weighted by atomic mass is 35.5. The van der Waals surface area contributed by atoms with E-state index in [2.05, 4.69) is 4.90 Å². The van der Waals surface area contributed by atoms with Crippen molar-refractivity contribution in [2.45, 2.75) is 44.2 Å². The van der Waals surface area contributed by atoms with E-state index in [9.17, 15) is 9.59 Å². The molecule has 2 atom stereocenters. The van der Waals surface area contributed by atoms with Crippen molar-refractivity contribution in [1.29, 1.82) is 0 Å². The summed E-state index contributed by atoms with van der Waals surface area (Å²) in [5, 5.41) is 0.635. The number of quaternary nitrogens is 1. The Labute approximate surface area is 207 Å². The minimum atomic E-state index is -0.346. The molecule has 6 rings (SSSR count). The molecule has 1 unspecified atom stereocenters. The number of likely N-dealkylation sites (tertiary alicyclic amines) is 1. The van der Waals surface area contributed by atoms with Crippen LogP contribution < -0.4 is 0 Å². The van der Waals surface area contributed by atoms with Crippen molar-refractivity contribution in [2.24, 2.45) is 5.92 Å². The minimum absolute atomic E-state index is 0.121. The highest BCUT2D eigenvalue weighted by molar-refractivity contribution is 6.30. The monoisotopic (exact) mass is 481 g/mol. The van der Waals surface area contributed by atoms with Gasteiger partial charge >= 0.3 is 5.97 Å². The summed E-state index contributed by atoms with van der Waals surface area (Å²) in [7, 11) is 0. The second-order valence-corrected chi connectivity index (χ2v) is 10.7. The molecule has 5 nitrogen and oxygen atoms in total. The molecule has 0 aliphatic carbocycles. The molecule has 0 saturated carbocycles. The van der Waals surface area contributed by atoms with Crippen LogP contribution in [0.15, 0.2) is 54.6 Å². The second kappa shape index (κ2) is 10.2. The lowest BCUT2D eigenvalue weighted by Gasteiger charge is -2.51. The number of piperidine rings is 4. The van der Waals surface area contributed by atoms with E-state index < -0.39 is 0 Å². The van der Waals surface area contributed by atoms with E-state index in [4.69, 9.17) is 16.3 Å². The Morgan fingerprint density at radius 1 is 0.971 bits per heavy atom. The smallest absolute Gasteiger partial charge is 0.328 e. The SMILES string of the molecule is O=C(C[N+]12CCC(CC1)[C@@H](OC(=O)C(c1ccccc1)N1CCCCC1)C2)c1ccc(Cl)cc1. The third-order valence-corrected chi connectivity index (χ3v) is 8.30. The van der Waals surface area contributed by atoms with Gasteiger partial charge in [-0.3, -0.25) is 9.69 Å². The van der Waals surface area contributed by atoms with E-state index in [1.165, 1.54) is 6.42 Å². The van der Waals surface area contributed by atoms with Crippen LogP contribution in [0.3, 0.4) is 0 Å². The first-order valence-electron chi connectivity index (χ1n) is 12.7. The number of ketones is 1. The number of halogens is 1. The molecule has 180 valence electrons. The number of carbonyl (C=O) groups excluding carboxylic acids is 2. The third-order valence-electron chi connectivity index (χ3n) is 8.05. The van der Waals surface area contributed by atoms with E-state index in [1.54, 1.807) is 24.3 Å². The normalized spacial score (nSPS) is 27.8. The number of hydrogen-bond donors (Lipinski definition) is 0. The molecule has 4 saturated heterocycles. The Hall–Kier alpha value is -2.21. The van der Waals surface area contributed by atoms with Crippen molar-refractivity contribution in [3.63, 3.8) is 0 Å². The average Bonchev–Trinajstić information content (AvgIpc) is 2.86. The fourth-order valence-corrected chi connectivity index (χ4v) is 6.26. The van der Waals surface area contributed by atoms with Gasteiger partial charge in [0.05, 0.1) is 13.1 Å². The maximum Gasteiger partial charge on any atom is 0.328 e. The summed E-state index contributed by atoms with van der Waals surface area (Å²) in [6, 6.07) is 16.9. The molecule has 34 heavy (non-hydrogen) atoms. The minimum Gasteiger partial charge on any atom is -0.455 e. The van der Waals surface area contributed by atoms with Gasteiger partial charge in [-0.15, -0.1) is 0 Å². The van der Waals surface area contributed by atoms with Crippen LogP contribution >= 0.6 is 11.6 Å². The quantitative estimate of drug-likeness (QED) is 0.320. The molecule has 4 heterocycles. The molecule has 0 N–H and O–H groups in total. The number of rotatable bonds is 7. The van der Waals surface area contributed by atoms with Gasteiger partial charge in [-0.2, -0.15) is 0 Å². The Bertz CT molecular complexity index is 996. The molecule has 6 heteroatoms. The lowest BCUT2D eigenvalue weighted by atomic mass is 9.82. The molecular weight excluding hydrogens is 448 g/mol. The highest BCUT2D eigenvalue weighted by Gasteiger charge is 2.49. The topological polar surface area (TPSA) is 46.6 Å². The summed E-state index contributed by atoms with van der Waals surface area (Å²) in [4.78, 5) is 29.0. The number of hydrogen-bond acceptors (Lipinski definition) is 4. The summed E-state index contributed by atoms with van der Waals surface area (Å²) in [5.74, 6) is 0.402. The molecule has 4 aliphatic rings. The van der Waals surface area contributed by atoms with Crippen LogP contribution in [0.4, 0.5) is 0 Å². The summed E-state index contributed by atoms with van der Waals surface area (Å²) < 4.78 is 7.02. The fraction of sp³-hybridized carbons (Fsp3) is 0.500. The van der Waals surface area contributed by atoms with E-state index >= 15 is 0 Å². The summed E-state index contributed by atoms with van der Waals surface area (Å²) in [6.45, 7) is 5.00. The van der Waals surface area contributed by atoms with Crippen molar-refractivity contribution < 1.29 is 18.8 Å². The van der Waals surface area contributed by atoms with Crippen molar-refractivity contribution >= 4 is 23.4 Å². The van der Waals surface area contributed by atoms with Gasteiger partial charge in [-0.25, -0.2) is 4.79 Å². The van der Waals surface area contributed by atoms with Crippen LogP contribution in [0.2, 0.25) is 5.02 Å². The van der Waals surface area contributed by atoms with Gasteiger partial charge in [-0.1, -0.05) is 48.4 Å². The molecule has 2 aromatic carbocycles. The summed E-state index contributed by atoms with van der Waals surface area (Å²) >= 11 is 6.00. The summed E-state index contributed by atoms with van der Waals surface area (Å²) in [6.07, 6.45) is 5.35. The molecule has 2 bridgehead atoms. The highest BCUT2D eigenvalue weighted by Crippen LogP contribution is 2.37. The number of esters is 1. The number of benzene rings is 2. The van der Waals surface area contributed by atoms with Crippen LogP contribution in [-0.2, 0) is 9.53 Å². The van der Waals surface area contributed by atoms with E-state index in [-0.39, 0.29) is 23.9 Å². The van der Waals surface area contributed by atoms with Crippen LogP contribution in [0.25, 0.3) is 0 Å². The van der Waals surface area contributed by atoms with Crippen LogP contribution in [0, 0.1) is 5.92 Å². The van der Waals surface area contributed by atoms with E-state index in [0.717, 1.165) is 68.5 Å². The van der Waals surface area contributed by atoms with Crippen molar-refractivity contribution in [2.75, 3.05) is 39.3 Å². The largest absolute Gasteiger partial charge is 0.455 e. The second-order valence-electron chi connectivity index (χ2n) is 10.3. The first-order valence-corrected chi connectivity index (χ1v) is 13.0. The van der Waals surface area contributed by atoms with Crippen molar-refractivity contribution in [3.05, 3.63) is 70.7 Å². The number of carbonyl (C=O) groups is 2. The van der Waals surface area contributed by atoms with E-state index in [1.807, 2.05) is 30.3 Å². The Morgan fingerprint density at radius 3 is 2.32 bits per heavy atom. The predicted octanol–water partition coefficient (Wildman–Crippen LogP) is 4.90. The van der Waals surface area contributed by atoms with Gasteiger partial charge in [0, 0.05) is 29.3 Å². The average molecular weight is 482 g/mol. The fourth-order valence-electron chi connectivity index (χ4n) is 6.13. The molecule has 2 aromatic rings. The lowest BCUT2D eigenvalue weighted by molar-refractivity contribution is -0.938. The first-order chi connectivity index (χ1) is 16.5. The molecule has 4 aliphatic heterocycles. The third kappa shape index (κ3) is 5.07. The van der Waals surface area contributed by atoms with Crippen LogP contribution in [-0.4, -0.2) is 66.5 Å². The van der Waals surface area contributed by atoms with Gasteiger partial charge in [0.25, 0.3) is 0 Å². The predicted molar refractivity (Wildman–Crippen MR) is 133 cm³/mol. The lowest BCUT2D eigenvalue weighted by Crippen LogP contribution is -2.66. The Kier molecular flexibility index (Phi) is 7.05. The first kappa shape index (κ1) is 23.5. The standard InChI is InChI=1S/C28H34ClN2O3/c29-24-11-9-21(10-12-24)25(32)19-31-17-13-22(14-18-31)26(20-31)34-28(33)27(23-7-3-1-4-8-23)30-15-5-2-6-16-30/h1,3-4,7-12,22,26-27H,2,5-6,13-20H2/q+1/t22?,26-,27?,31?/m0/s1. The van der Waals surface area contributed by atoms with Gasteiger partial charge in [0.2, 0.25) is 5.78 Å². The number of Topliss-reactive ketones (excluding diaryl/α,β-unsaturated/α-hetero) is 1. The molecule has 4 fully saturated rings. The molecule has 0 aromatic heterocycles. The molecule has 0 radical (unpaired) electrons. The van der Waals surface area contributed by atoms with E-state index in [0.29, 0.717) is 23.0 Å². The maximum atomic E-state index is 13.6. The number of ether oxygens (including phenoxy) is 1. The zero-order chi connectivity index (χ0) is 23.5. The van der Waals surface area contributed by atoms with Gasteiger partial charge in [-0.05, 0) is 55.8 Å². The zero-order valence-electron chi connectivity index (χ0n) is 19.7. The number of nitrogens with zero attached hydrogens (tertiary/aromatic N) is 2. The van der Waals surface area contributed by atoms with Crippen molar-refractivity contribution in [3.8, 4) is 0 Å². The van der Waals surface area contributed by atoms with Crippen LogP contribution in [0.1, 0.15) is 54.1 Å². The van der Waals surface area contributed by atoms with Gasteiger partial charge in [0.15, 0.2) is 6.10 Å². The Morgan fingerprint density at radius 2 is 1.65 bits per heavy atom. The summed E-state index contributed by atoms with van der Waals surface area (Å²) in [5.41, 5.74) is 1.71. The van der Waals surface area contributed by atoms with Gasteiger partial charge in [0.1, 0.15) is 19.1 Å². The maximum absolute atomic E-state index is 13.6. The van der Waals surface area contributed by atoms with Gasteiger partial charge < -0.3 is 9.22 Å². The van der Waals surface area contributed by atoms with Crippen LogP contribution in [0.5, 0.6) is 0 Å². The zero-order valence-corrected chi connectivity index (χ0v) is 20.5. The molecule has 0 spiro atoms. The molecular formula is C28H34ClN2O3+.